The molecule has 0 atom stereocenters. The molecule has 0 bridgehead atoms. The zero-order valence-corrected chi connectivity index (χ0v) is 16.1. The van der Waals surface area contributed by atoms with Gasteiger partial charge in [-0.25, -0.2) is 4.98 Å². The van der Waals surface area contributed by atoms with E-state index in [1.807, 2.05) is 6.92 Å². The molecule has 0 spiro atoms. The van der Waals surface area contributed by atoms with E-state index in [1.165, 1.54) is 10.9 Å². The first-order valence-electron chi connectivity index (χ1n) is 9.30. The molecule has 0 saturated heterocycles. The maximum absolute atomic E-state index is 12.4. The highest BCUT2D eigenvalue weighted by Gasteiger charge is 2.09. The molecule has 3 rings (SSSR count). The Balaban J connectivity index is 1.46. The molecule has 8 nitrogen and oxygen atoms in total. The van der Waals surface area contributed by atoms with E-state index in [2.05, 4.69) is 15.6 Å². The number of benzene rings is 2. The van der Waals surface area contributed by atoms with Gasteiger partial charge in [0.05, 0.1) is 23.8 Å². The van der Waals surface area contributed by atoms with Crippen LogP contribution >= 0.6 is 0 Å². The second-order valence-corrected chi connectivity index (χ2v) is 6.30. The van der Waals surface area contributed by atoms with Crippen LogP contribution < -0.4 is 20.9 Å². The highest BCUT2D eigenvalue weighted by Crippen LogP contribution is 2.15. The average molecular weight is 394 g/mol. The standard InChI is InChI=1S/C21H22N4O4/c1-2-29-16-9-7-15(8-10-16)24-19(26)11-12-22-20(27)13-25-14-23-18-6-4-3-5-17(18)21(25)28/h3-10,14H,2,11-13H2,1H3,(H,22,27)(H,24,26). The molecule has 0 aliphatic rings. The summed E-state index contributed by atoms with van der Waals surface area (Å²) in [6, 6.07) is 14.0. The van der Waals surface area contributed by atoms with Gasteiger partial charge in [0.15, 0.2) is 0 Å². The Morgan fingerprint density at radius 1 is 1.07 bits per heavy atom. The van der Waals surface area contributed by atoms with E-state index < -0.39 is 0 Å². The van der Waals surface area contributed by atoms with Gasteiger partial charge in [-0.1, -0.05) is 12.1 Å². The van der Waals surface area contributed by atoms with E-state index in [4.69, 9.17) is 4.74 Å². The summed E-state index contributed by atoms with van der Waals surface area (Å²) in [5.41, 5.74) is 0.956. The van der Waals surface area contributed by atoms with Crippen molar-refractivity contribution in [3.05, 3.63) is 65.2 Å². The molecule has 29 heavy (non-hydrogen) atoms. The predicted molar refractivity (Wildman–Crippen MR) is 110 cm³/mol. The number of nitrogens with zero attached hydrogens (tertiary/aromatic N) is 2. The molecule has 0 aliphatic heterocycles. The van der Waals surface area contributed by atoms with Gasteiger partial charge in [-0.3, -0.25) is 19.0 Å². The molecule has 0 fully saturated rings. The number of anilines is 1. The van der Waals surface area contributed by atoms with Crippen LogP contribution in [0.15, 0.2) is 59.7 Å². The Bertz CT molecular complexity index is 1060. The molecule has 0 unspecified atom stereocenters. The molecule has 0 aliphatic carbocycles. The smallest absolute Gasteiger partial charge is 0.261 e. The summed E-state index contributed by atoms with van der Waals surface area (Å²) in [5, 5.41) is 5.85. The monoisotopic (exact) mass is 394 g/mol. The number of carbonyl (C=O) groups excluding carboxylic acids is 2. The molecule has 3 aromatic rings. The molecule has 1 aromatic heterocycles. The molecular formula is C21H22N4O4. The third-order valence-electron chi connectivity index (χ3n) is 4.17. The lowest BCUT2D eigenvalue weighted by Crippen LogP contribution is -2.34. The fourth-order valence-electron chi connectivity index (χ4n) is 2.77. The minimum Gasteiger partial charge on any atom is -0.494 e. The van der Waals surface area contributed by atoms with Crippen molar-refractivity contribution in [3.8, 4) is 5.75 Å². The van der Waals surface area contributed by atoms with Gasteiger partial charge in [0.2, 0.25) is 11.8 Å². The summed E-state index contributed by atoms with van der Waals surface area (Å²) < 4.78 is 6.60. The van der Waals surface area contributed by atoms with Gasteiger partial charge in [0.25, 0.3) is 5.56 Å². The summed E-state index contributed by atoms with van der Waals surface area (Å²) >= 11 is 0. The normalized spacial score (nSPS) is 10.5. The van der Waals surface area contributed by atoms with Gasteiger partial charge in [-0.15, -0.1) is 0 Å². The third kappa shape index (κ3) is 5.41. The van der Waals surface area contributed by atoms with E-state index in [1.54, 1.807) is 48.5 Å². The van der Waals surface area contributed by atoms with E-state index in [0.29, 0.717) is 23.2 Å². The number of carbonyl (C=O) groups is 2. The lowest BCUT2D eigenvalue weighted by molar-refractivity contribution is -0.121. The number of hydrogen-bond donors (Lipinski definition) is 2. The highest BCUT2D eigenvalue weighted by molar-refractivity contribution is 5.91. The molecule has 0 radical (unpaired) electrons. The number of aromatic nitrogens is 2. The summed E-state index contributed by atoms with van der Waals surface area (Å²) in [4.78, 5) is 40.7. The fourth-order valence-corrected chi connectivity index (χ4v) is 2.77. The molecule has 1 heterocycles. The molecule has 8 heteroatoms. The van der Waals surface area contributed by atoms with Gasteiger partial charge < -0.3 is 15.4 Å². The number of para-hydroxylation sites is 1. The maximum atomic E-state index is 12.4. The van der Waals surface area contributed by atoms with E-state index >= 15 is 0 Å². The Hall–Kier alpha value is -3.68. The van der Waals surface area contributed by atoms with Crippen molar-refractivity contribution in [2.24, 2.45) is 0 Å². The molecule has 2 amide bonds. The highest BCUT2D eigenvalue weighted by atomic mass is 16.5. The van der Waals surface area contributed by atoms with Crippen LogP contribution in [0.5, 0.6) is 5.75 Å². The second kappa shape index (κ2) is 9.50. The van der Waals surface area contributed by atoms with Gasteiger partial charge in [-0.2, -0.15) is 0 Å². The molecule has 2 N–H and O–H groups in total. The third-order valence-corrected chi connectivity index (χ3v) is 4.17. The van der Waals surface area contributed by atoms with Crippen molar-refractivity contribution in [3.63, 3.8) is 0 Å². The Labute approximate surface area is 167 Å². The Morgan fingerprint density at radius 2 is 1.83 bits per heavy atom. The first-order valence-corrected chi connectivity index (χ1v) is 9.30. The lowest BCUT2D eigenvalue weighted by atomic mass is 10.2. The Morgan fingerprint density at radius 3 is 2.59 bits per heavy atom. The van der Waals surface area contributed by atoms with Gasteiger partial charge >= 0.3 is 0 Å². The first-order chi connectivity index (χ1) is 14.1. The molecule has 0 saturated carbocycles. The van der Waals surface area contributed by atoms with Crippen LogP contribution in [0.25, 0.3) is 10.9 Å². The first kappa shape index (κ1) is 20.1. The predicted octanol–water partition coefficient (Wildman–Crippen LogP) is 1.94. The van der Waals surface area contributed by atoms with E-state index in [-0.39, 0.29) is 36.9 Å². The van der Waals surface area contributed by atoms with Gasteiger partial charge in [0.1, 0.15) is 12.3 Å². The van der Waals surface area contributed by atoms with Crippen molar-refractivity contribution >= 4 is 28.4 Å². The lowest BCUT2D eigenvalue weighted by Gasteiger charge is -2.09. The van der Waals surface area contributed by atoms with Crippen molar-refractivity contribution in [2.45, 2.75) is 19.9 Å². The van der Waals surface area contributed by atoms with Crippen LogP contribution in [-0.2, 0) is 16.1 Å². The number of amides is 2. The number of nitrogens with one attached hydrogen (secondary N) is 2. The average Bonchev–Trinajstić information content (AvgIpc) is 2.72. The van der Waals surface area contributed by atoms with E-state index in [9.17, 15) is 14.4 Å². The molecule has 150 valence electrons. The van der Waals surface area contributed by atoms with Crippen LogP contribution in [0.1, 0.15) is 13.3 Å². The largest absolute Gasteiger partial charge is 0.494 e. The fraction of sp³-hybridized carbons (Fsp3) is 0.238. The minimum absolute atomic E-state index is 0.115. The van der Waals surface area contributed by atoms with Crippen LogP contribution in [0, 0.1) is 0 Å². The molecular weight excluding hydrogens is 372 g/mol. The SMILES string of the molecule is CCOc1ccc(NC(=O)CCNC(=O)Cn2cnc3ccccc3c2=O)cc1. The van der Waals surface area contributed by atoms with Gasteiger partial charge in [-0.05, 0) is 43.3 Å². The number of rotatable bonds is 8. The second-order valence-electron chi connectivity index (χ2n) is 6.30. The summed E-state index contributed by atoms with van der Waals surface area (Å²) in [7, 11) is 0. The minimum atomic E-state index is -0.363. The number of ether oxygens (including phenoxy) is 1. The van der Waals surface area contributed by atoms with Crippen molar-refractivity contribution in [2.75, 3.05) is 18.5 Å². The van der Waals surface area contributed by atoms with Crippen molar-refractivity contribution in [1.82, 2.24) is 14.9 Å². The number of hydrogen-bond acceptors (Lipinski definition) is 5. The number of fused-ring (bicyclic) bond motifs is 1. The summed E-state index contributed by atoms with van der Waals surface area (Å²) in [6.07, 6.45) is 1.46. The summed E-state index contributed by atoms with van der Waals surface area (Å²) in [6.45, 7) is 2.48. The van der Waals surface area contributed by atoms with Crippen LogP contribution in [0.4, 0.5) is 5.69 Å². The van der Waals surface area contributed by atoms with Crippen LogP contribution in [0.3, 0.4) is 0 Å². The Kier molecular flexibility index (Phi) is 6.57. The van der Waals surface area contributed by atoms with Gasteiger partial charge in [0, 0.05) is 18.7 Å². The van der Waals surface area contributed by atoms with Crippen molar-refractivity contribution in [1.29, 1.82) is 0 Å². The van der Waals surface area contributed by atoms with E-state index in [0.717, 1.165) is 5.75 Å². The maximum Gasteiger partial charge on any atom is 0.261 e. The topological polar surface area (TPSA) is 102 Å². The zero-order valence-electron chi connectivity index (χ0n) is 16.1. The van der Waals surface area contributed by atoms with Crippen molar-refractivity contribution < 1.29 is 14.3 Å². The van der Waals surface area contributed by atoms with Crippen LogP contribution in [0.2, 0.25) is 0 Å². The van der Waals surface area contributed by atoms with Crippen LogP contribution in [-0.4, -0.2) is 34.5 Å². The molecule has 2 aromatic carbocycles. The zero-order chi connectivity index (χ0) is 20.6. The summed E-state index contributed by atoms with van der Waals surface area (Å²) in [5.74, 6) is 0.147. The quantitative estimate of drug-likeness (QED) is 0.608.